The Morgan fingerprint density at radius 2 is 1.45 bits per heavy atom. The molecule has 2 spiro atoms. The Hall–Kier alpha value is -6.46. The van der Waals surface area contributed by atoms with Gasteiger partial charge in [0.25, 0.3) is 5.91 Å². The Morgan fingerprint density at radius 3 is 1.92 bits per heavy atom. The highest BCUT2D eigenvalue weighted by Gasteiger charge is 2.56. The number of likely N-dealkylation sites (tertiary alicyclic amines) is 1. The second-order valence-electron chi connectivity index (χ2n) is 16.5. The Kier molecular flexibility index (Phi) is 12.1. The number of allylic oxidation sites excluding steroid dienone is 1. The molecule has 3 N–H and O–H groups in total. The van der Waals surface area contributed by atoms with Crippen LogP contribution >= 0.6 is 0 Å². The summed E-state index contributed by atoms with van der Waals surface area (Å²) < 4.78 is 1.26. The number of amides is 1. The van der Waals surface area contributed by atoms with Gasteiger partial charge >= 0.3 is 0 Å². The first-order valence-corrected chi connectivity index (χ1v) is 20.5. The Bertz CT molecular complexity index is 2520. The fourth-order valence-corrected chi connectivity index (χ4v) is 9.01. The van der Waals surface area contributed by atoms with Crippen LogP contribution in [0.1, 0.15) is 69.6 Å². The first kappa shape index (κ1) is 41.7. The van der Waals surface area contributed by atoms with Crippen LogP contribution in [0.3, 0.4) is 0 Å². The van der Waals surface area contributed by atoms with Crippen molar-refractivity contribution in [2.45, 2.75) is 78.3 Å². The van der Waals surface area contributed by atoms with Crippen LogP contribution in [-0.4, -0.2) is 119 Å². The lowest BCUT2D eigenvalue weighted by Gasteiger charge is -2.55. The number of hydrogen-bond donors (Lipinski definition) is 3. The van der Waals surface area contributed by atoms with E-state index >= 15 is 0 Å². The molecule has 0 radical (unpaired) electrons. The largest absolute Gasteiger partial charge is 0.354 e. The minimum Gasteiger partial charge on any atom is -0.354 e. The summed E-state index contributed by atoms with van der Waals surface area (Å²) in [6.45, 7) is 18.8. The van der Waals surface area contributed by atoms with Crippen LogP contribution in [0.5, 0.6) is 0 Å². The molecule has 0 saturated carbocycles. The molecule has 4 atom stereocenters. The zero-order chi connectivity index (χ0) is 42.6. The summed E-state index contributed by atoms with van der Waals surface area (Å²) in [5, 5.41) is 26.8. The van der Waals surface area contributed by atoms with Gasteiger partial charge < -0.3 is 30.0 Å². The zero-order valence-corrected chi connectivity index (χ0v) is 35.2. The maximum atomic E-state index is 12.2. The number of nitriles is 2. The third-order valence-electron chi connectivity index (χ3n) is 12.5. The number of nitrogens with one attached hydrogen (secondary N) is 3. The second-order valence-corrected chi connectivity index (χ2v) is 16.5. The van der Waals surface area contributed by atoms with Gasteiger partial charge in [0.15, 0.2) is 0 Å². The molecule has 0 bridgehead atoms. The van der Waals surface area contributed by atoms with E-state index in [0.29, 0.717) is 11.5 Å². The highest BCUT2D eigenvalue weighted by atomic mass is 16.2. The molecule has 5 aromatic heterocycles. The van der Waals surface area contributed by atoms with Gasteiger partial charge in [-0.3, -0.25) is 14.6 Å². The van der Waals surface area contributed by atoms with E-state index in [9.17, 15) is 9.59 Å². The summed E-state index contributed by atoms with van der Waals surface area (Å²) in [4.78, 5) is 57.7. The summed E-state index contributed by atoms with van der Waals surface area (Å²) in [5.41, 5.74) is 6.03. The molecule has 5 aliphatic heterocycles. The number of aromatic nitrogens is 8. The van der Waals surface area contributed by atoms with Crippen molar-refractivity contribution in [1.29, 1.82) is 10.5 Å². The number of hydrogen-bond acceptors (Lipinski definition) is 13. The average Bonchev–Trinajstić information content (AvgIpc) is 4.10. The van der Waals surface area contributed by atoms with E-state index in [1.807, 2.05) is 43.3 Å². The Morgan fingerprint density at radius 1 is 0.833 bits per heavy atom. The molecule has 4 saturated heterocycles. The van der Waals surface area contributed by atoms with E-state index in [0.717, 1.165) is 109 Å². The predicted octanol–water partition coefficient (Wildman–Crippen LogP) is 4.91. The van der Waals surface area contributed by atoms with Gasteiger partial charge in [-0.25, -0.2) is 24.6 Å². The molecule has 17 heteroatoms. The Balaban J connectivity index is 0.000000131. The molecule has 0 aromatic carbocycles. The molecule has 10 rings (SSSR count). The third-order valence-corrected chi connectivity index (χ3v) is 12.5. The number of fused-ring (bicyclic) bond motifs is 2. The summed E-state index contributed by atoms with van der Waals surface area (Å²) in [7, 11) is 0. The second kappa shape index (κ2) is 17.4. The fourth-order valence-electron chi connectivity index (χ4n) is 9.01. The van der Waals surface area contributed by atoms with Crippen molar-refractivity contribution in [3.63, 3.8) is 0 Å². The number of carbonyl (C=O) groups excluding carboxylic acids is 2. The van der Waals surface area contributed by atoms with Crippen LogP contribution in [0, 0.1) is 48.3 Å². The molecule has 17 nitrogen and oxygen atoms in total. The van der Waals surface area contributed by atoms with Crippen LogP contribution in [0.4, 0.5) is 11.6 Å². The lowest BCUT2D eigenvalue weighted by Crippen LogP contribution is -2.69. The van der Waals surface area contributed by atoms with Crippen molar-refractivity contribution in [1.82, 2.24) is 49.9 Å². The molecule has 4 fully saturated rings. The van der Waals surface area contributed by atoms with Gasteiger partial charge in [-0.2, -0.15) is 15.6 Å². The molecule has 0 aliphatic carbocycles. The number of rotatable bonds is 4. The van der Waals surface area contributed by atoms with E-state index in [1.54, 1.807) is 31.7 Å². The van der Waals surface area contributed by atoms with Crippen molar-refractivity contribution in [3.8, 4) is 12.1 Å². The predicted molar refractivity (Wildman–Crippen MR) is 229 cm³/mol. The van der Waals surface area contributed by atoms with Crippen LogP contribution < -0.4 is 15.1 Å². The first-order chi connectivity index (χ1) is 28.9. The monoisotopic (exact) mass is 811 g/mol. The zero-order valence-electron chi connectivity index (χ0n) is 35.2. The van der Waals surface area contributed by atoms with E-state index in [1.165, 1.54) is 16.7 Å². The fraction of sp³-hybridized carbons (Fsp3) is 0.488. The molecule has 5 aliphatic rings. The van der Waals surface area contributed by atoms with Crippen molar-refractivity contribution in [3.05, 3.63) is 66.3 Å². The van der Waals surface area contributed by atoms with E-state index < -0.39 is 0 Å². The molecular formula is C43H53N15O2. The maximum Gasteiger partial charge on any atom is 0.261 e. The van der Waals surface area contributed by atoms with Gasteiger partial charge in [-0.05, 0) is 76.6 Å². The topological polar surface area (TPSA) is 217 Å². The van der Waals surface area contributed by atoms with Crippen LogP contribution in [0.25, 0.3) is 22.1 Å². The highest BCUT2D eigenvalue weighted by molar-refractivity contribution is 5.95. The van der Waals surface area contributed by atoms with Crippen LogP contribution in [0.2, 0.25) is 0 Å². The lowest BCUT2D eigenvalue weighted by molar-refractivity contribution is -0.152. The van der Waals surface area contributed by atoms with E-state index in [4.69, 9.17) is 10.5 Å². The lowest BCUT2D eigenvalue weighted by atomic mass is 9.74. The summed E-state index contributed by atoms with van der Waals surface area (Å²) in [6.07, 6.45) is 11.1. The number of aliphatic imine (C=N–C) groups is 1. The highest BCUT2D eigenvalue weighted by Crippen LogP contribution is 2.45. The van der Waals surface area contributed by atoms with Crippen molar-refractivity contribution in [2.24, 2.45) is 16.8 Å². The van der Waals surface area contributed by atoms with Gasteiger partial charge in [-0.15, -0.1) is 0 Å². The van der Waals surface area contributed by atoms with Gasteiger partial charge in [0.05, 0.1) is 40.7 Å². The summed E-state index contributed by atoms with van der Waals surface area (Å²) >= 11 is 0. The smallest absolute Gasteiger partial charge is 0.261 e. The molecule has 60 heavy (non-hydrogen) atoms. The number of anilines is 2. The SMILES string of the molecule is CC1=CC(C)=NC1.C[C@H]1CN(C(=O)CC#N)[C@]12CCN(c1ncnc3[nH]ccc13)C2.C[C@H]1CN[C@]12CCN(c1ncnc3[nH]ccc13)C2.Cc1cc(C)n(C(=O)CC#N)n1. The van der Waals surface area contributed by atoms with Crippen molar-refractivity contribution in [2.75, 3.05) is 55.6 Å². The minimum absolute atomic E-state index is 0.0377. The molecule has 0 unspecified atom stereocenters. The summed E-state index contributed by atoms with van der Waals surface area (Å²) in [6, 6.07) is 9.61. The quantitative estimate of drug-likeness (QED) is 0.221. The maximum absolute atomic E-state index is 12.2. The molecule has 5 aromatic rings. The van der Waals surface area contributed by atoms with E-state index in [-0.39, 0.29) is 30.2 Å². The molecule has 10 heterocycles. The van der Waals surface area contributed by atoms with Crippen LogP contribution in [-0.2, 0) is 4.79 Å². The van der Waals surface area contributed by atoms with Crippen LogP contribution in [0.15, 0.2) is 59.9 Å². The van der Waals surface area contributed by atoms with Gasteiger partial charge in [0.2, 0.25) is 5.91 Å². The molecule has 312 valence electrons. The van der Waals surface area contributed by atoms with Crippen molar-refractivity contribution < 1.29 is 9.59 Å². The number of carbonyl (C=O) groups is 2. The third kappa shape index (κ3) is 8.22. The molecular weight excluding hydrogens is 759 g/mol. The first-order valence-electron chi connectivity index (χ1n) is 20.5. The standard InChI is InChI=1S/C16H18N6O.C13H17N5.C8H9N3O.C6H9N/c1-11-8-22(13(23)2-5-17)16(11)4-7-21(9-16)15-12-3-6-18-14(12)19-10-20-15;1-9-6-17-13(9)3-5-18(7-13)12-10-2-4-14-11(10)15-8-16-12;1-6-5-7(2)11(10-6)8(12)3-4-9;1-5-3-6(2)7-4-5/h3,6,10-11H,2,4,7-9H2,1H3,(H,18,19,20);2,4,8-9,17H,3,5-7H2,1H3,(H,14,15,16);5H,3H2,1-2H3;3H,4H2,1-2H3/t11-,16-;9-,13-;;/m00../s1. The minimum atomic E-state index is -0.275. The normalized spacial score (nSPS) is 23.6. The molecule has 1 amide bonds. The number of aryl methyl sites for hydroxylation is 2. The number of H-pyrrole nitrogens is 2. The van der Waals surface area contributed by atoms with Gasteiger partial charge in [-0.1, -0.05) is 19.4 Å². The van der Waals surface area contributed by atoms with Gasteiger partial charge in [0.1, 0.15) is 48.4 Å². The summed E-state index contributed by atoms with van der Waals surface area (Å²) in [5.74, 6) is 2.87. The average molecular weight is 812 g/mol. The van der Waals surface area contributed by atoms with Gasteiger partial charge in [0, 0.05) is 68.6 Å². The Labute approximate surface area is 349 Å². The van der Waals surface area contributed by atoms with Crippen molar-refractivity contribution >= 4 is 51.2 Å². The number of aromatic amines is 2. The number of nitrogens with zero attached hydrogens (tertiary/aromatic N) is 12. The van der Waals surface area contributed by atoms with E-state index in [2.05, 4.69) is 88.0 Å².